The van der Waals surface area contributed by atoms with Gasteiger partial charge in [0.1, 0.15) is 5.78 Å². The van der Waals surface area contributed by atoms with Gasteiger partial charge in [-0.05, 0) is 45.4 Å². The quantitative estimate of drug-likeness (QED) is 0.696. The van der Waals surface area contributed by atoms with Gasteiger partial charge in [0, 0.05) is 36.5 Å². The Balaban J connectivity index is 0.000000119. The molecule has 6 fully saturated rings. The van der Waals surface area contributed by atoms with Crippen molar-refractivity contribution in [2.24, 2.45) is 23.7 Å². The number of hydrogen-bond acceptors (Lipinski definition) is 6. The lowest BCUT2D eigenvalue weighted by atomic mass is 9.74. The highest BCUT2D eigenvalue weighted by Crippen LogP contribution is 2.56. The number of aliphatic hydroxyl groups is 1. The van der Waals surface area contributed by atoms with E-state index in [2.05, 4.69) is 0 Å². The van der Waals surface area contributed by atoms with Crippen molar-refractivity contribution < 1.29 is 28.8 Å². The Hall–Kier alpha value is -0.530. The normalized spacial score (nSPS) is 46.1. The third-order valence-electron chi connectivity index (χ3n) is 7.80. The minimum atomic E-state index is -0.494. The molecule has 4 bridgehead atoms. The number of ether oxygens (including phenoxy) is 4. The molecule has 27 heavy (non-hydrogen) atoms. The fraction of sp³-hybridized carbons (Fsp3) is 0.952. The lowest BCUT2D eigenvalue weighted by molar-refractivity contribution is -0.246. The number of carbonyl (C=O) groups excluding carboxylic acids is 1. The fourth-order valence-corrected chi connectivity index (χ4v) is 6.86. The third-order valence-corrected chi connectivity index (χ3v) is 7.80. The van der Waals surface area contributed by atoms with Crippen LogP contribution in [-0.4, -0.2) is 54.5 Å². The van der Waals surface area contributed by atoms with Crippen molar-refractivity contribution in [2.45, 2.75) is 75.5 Å². The Labute approximate surface area is 160 Å². The second-order valence-electron chi connectivity index (χ2n) is 9.63. The van der Waals surface area contributed by atoms with Crippen LogP contribution in [0.2, 0.25) is 0 Å². The molecule has 152 valence electrons. The third kappa shape index (κ3) is 2.91. The maximum Gasteiger partial charge on any atom is 0.174 e. The van der Waals surface area contributed by atoms with E-state index in [4.69, 9.17) is 18.9 Å². The van der Waals surface area contributed by atoms with Crippen LogP contribution in [0.15, 0.2) is 0 Å². The van der Waals surface area contributed by atoms with E-state index in [0.717, 1.165) is 51.7 Å². The van der Waals surface area contributed by atoms with E-state index in [9.17, 15) is 9.90 Å². The molecular formula is C21H32O6. The molecule has 4 saturated carbocycles. The van der Waals surface area contributed by atoms with E-state index in [1.807, 2.05) is 6.92 Å². The summed E-state index contributed by atoms with van der Waals surface area (Å²) in [7, 11) is 0. The molecule has 4 atom stereocenters. The molecule has 6 rings (SSSR count). The van der Waals surface area contributed by atoms with Gasteiger partial charge in [0.25, 0.3) is 0 Å². The van der Waals surface area contributed by atoms with Gasteiger partial charge in [0.2, 0.25) is 0 Å². The second-order valence-corrected chi connectivity index (χ2v) is 9.63. The minimum absolute atomic E-state index is 0.303. The molecule has 0 amide bonds. The van der Waals surface area contributed by atoms with Crippen LogP contribution in [0.5, 0.6) is 0 Å². The highest BCUT2D eigenvalue weighted by atomic mass is 16.7. The van der Waals surface area contributed by atoms with E-state index in [0.29, 0.717) is 55.5 Å². The standard InChI is InChI=1S/C11H18O3.C10H14O3/c1-10(12)6-8-2-3-9(7-10)11(8)13-4-5-14-11;11-9-5-7-1-2-8(6-9)10(7)12-3-4-13-10/h8-9,12H,2-7H2,1H3;7-8H,1-6H2. The molecule has 2 saturated heterocycles. The van der Waals surface area contributed by atoms with Crippen LogP contribution < -0.4 is 0 Å². The van der Waals surface area contributed by atoms with Crippen molar-refractivity contribution in [3.8, 4) is 0 Å². The SMILES string of the molecule is CC1(O)CC2CCC(C1)C21OCCO1.O=C1CC2CCC(C1)C21OCCO1. The Morgan fingerprint density at radius 2 is 1.11 bits per heavy atom. The smallest absolute Gasteiger partial charge is 0.174 e. The van der Waals surface area contributed by atoms with Crippen molar-refractivity contribution in [3.05, 3.63) is 0 Å². The topological polar surface area (TPSA) is 74.2 Å². The summed E-state index contributed by atoms with van der Waals surface area (Å²) in [5.41, 5.74) is -0.494. The Kier molecular flexibility index (Phi) is 4.45. The van der Waals surface area contributed by atoms with E-state index in [-0.39, 0.29) is 11.6 Å². The average Bonchev–Trinajstić information content (AvgIpc) is 3.36. The zero-order chi connectivity index (χ0) is 18.7. The van der Waals surface area contributed by atoms with E-state index < -0.39 is 5.60 Å². The monoisotopic (exact) mass is 380 g/mol. The molecular weight excluding hydrogens is 348 g/mol. The first-order valence-corrected chi connectivity index (χ1v) is 10.7. The second kappa shape index (κ2) is 6.49. The summed E-state index contributed by atoms with van der Waals surface area (Å²) in [5.74, 6) is 1.29. The largest absolute Gasteiger partial charge is 0.390 e. The maximum absolute atomic E-state index is 11.4. The molecule has 0 aromatic rings. The molecule has 0 aromatic heterocycles. The minimum Gasteiger partial charge on any atom is -0.390 e. The molecule has 2 spiro atoms. The van der Waals surface area contributed by atoms with Gasteiger partial charge < -0.3 is 24.1 Å². The summed E-state index contributed by atoms with van der Waals surface area (Å²) in [6, 6.07) is 0. The van der Waals surface area contributed by atoms with Gasteiger partial charge in [-0.25, -0.2) is 0 Å². The van der Waals surface area contributed by atoms with Crippen molar-refractivity contribution in [2.75, 3.05) is 26.4 Å². The predicted octanol–water partition coefficient (Wildman–Crippen LogP) is 2.42. The number of ketones is 1. The number of rotatable bonds is 0. The van der Waals surface area contributed by atoms with Crippen LogP contribution in [0, 0.1) is 23.7 Å². The zero-order valence-corrected chi connectivity index (χ0v) is 16.3. The first kappa shape index (κ1) is 18.5. The van der Waals surface area contributed by atoms with Gasteiger partial charge >= 0.3 is 0 Å². The number of Topliss-reactive ketones (excluding diaryl/α,β-unsaturated/α-hetero) is 1. The van der Waals surface area contributed by atoms with Crippen LogP contribution in [0.3, 0.4) is 0 Å². The highest BCUT2D eigenvalue weighted by molar-refractivity contribution is 5.80. The van der Waals surface area contributed by atoms with Crippen molar-refractivity contribution in [1.82, 2.24) is 0 Å². The maximum atomic E-state index is 11.4. The van der Waals surface area contributed by atoms with Gasteiger partial charge in [-0.15, -0.1) is 0 Å². The molecule has 0 radical (unpaired) electrons. The molecule has 6 aliphatic rings. The first-order chi connectivity index (χ1) is 12.9. The van der Waals surface area contributed by atoms with Gasteiger partial charge in [-0.2, -0.15) is 0 Å². The molecule has 6 nitrogen and oxygen atoms in total. The molecule has 0 aromatic carbocycles. The van der Waals surface area contributed by atoms with Crippen LogP contribution in [0.1, 0.15) is 58.3 Å². The van der Waals surface area contributed by atoms with E-state index in [1.165, 1.54) is 0 Å². The van der Waals surface area contributed by atoms with Crippen molar-refractivity contribution >= 4 is 5.78 Å². The zero-order valence-electron chi connectivity index (χ0n) is 16.3. The van der Waals surface area contributed by atoms with Gasteiger partial charge in [-0.3, -0.25) is 4.79 Å². The van der Waals surface area contributed by atoms with Crippen LogP contribution in [-0.2, 0) is 23.7 Å². The van der Waals surface area contributed by atoms with E-state index in [1.54, 1.807) is 0 Å². The number of hydrogen-bond donors (Lipinski definition) is 1. The summed E-state index contributed by atoms with van der Waals surface area (Å²) in [4.78, 5) is 11.4. The summed E-state index contributed by atoms with van der Waals surface area (Å²) >= 11 is 0. The Morgan fingerprint density at radius 3 is 1.56 bits per heavy atom. The molecule has 1 N–H and O–H groups in total. The molecule has 6 heteroatoms. The molecule has 4 aliphatic carbocycles. The molecule has 4 unspecified atom stereocenters. The van der Waals surface area contributed by atoms with Gasteiger partial charge in [0.15, 0.2) is 11.6 Å². The summed E-state index contributed by atoms with van der Waals surface area (Å²) in [6.45, 7) is 4.83. The van der Waals surface area contributed by atoms with Crippen LogP contribution >= 0.6 is 0 Å². The Bertz CT molecular complexity index is 553. The fourth-order valence-electron chi connectivity index (χ4n) is 6.86. The molecule has 2 heterocycles. The van der Waals surface area contributed by atoms with Crippen LogP contribution in [0.25, 0.3) is 0 Å². The Morgan fingerprint density at radius 1 is 0.741 bits per heavy atom. The highest BCUT2D eigenvalue weighted by Gasteiger charge is 2.60. The summed E-state index contributed by atoms with van der Waals surface area (Å²) in [6.07, 6.45) is 7.55. The van der Waals surface area contributed by atoms with Gasteiger partial charge in [0.05, 0.1) is 32.0 Å². The lowest BCUT2D eigenvalue weighted by Crippen LogP contribution is -2.51. The molecule has 2 aliphatic heterocycles. The van der Waals surface area contributed by atoms with Crippen LogP contribution in [0.4, 0.5) is 0 Å². The predicted molar refractivity (Wildman–Crippen MR) is 95.8 cm³/mol. The first-order valence-electron chi connectivity index (χ1n) is 10.7. The van der Waals surface area contributed by atoms with Gasteiger partial charge in [-0.1, -0.05) is 0 Å². The summed E-state index contributed by atoms with van der Waals surface area (Å²) < 4.78 is 23.1. The lowest BCUT2D eigenvalue weighted by Gasteiger charge is -2.44. The van der Waals surface area contributed by atoms with Crippen molar-refractivity contribution in [1.29, 1.82) is 0 Å². The number of carbonyl (C=O) groups is 1. The summed E-state index contributed by atoms with van der Waals surface area (Å²) in [5, 5.41) is 10.1. The van der Waals surface area contributed by atoms with E-state index >= 15 is 0 Å². The van der Waals surface area contributed by atoms with Crippen molar-refractivity contribution in [3.63, 3.8) is 0 Å². The average molecular weight is 380 g/mol.